The molecule has 0 aliphatic heterocycles. The maximum atomic E-state index is 12.3. The number of benzene rings is 4. The Morgan fingerprint density at radius 1 is 0.632 bits per heavy atom. The number of hydrogen-bond donors (Lipinski definition) is 0. The Bertz CT molecular complexity index is 1190. The number of unbranched alkanes of at least 4 members (excludes halogenated alkanes) is 4. The number of rotatable bonds is 13. The summed E-state index contributed by atoms with van der Waals surface area (Å²) >= 11 is 5.18. The van der Waals surface area contributed by atoms with E-state index in [1.165, 1.54) is 28.5 Å². The number of hydrogen-bond acceptors (Lipinski definition) is 3. The summed E-state index contributed by atoms with van der Waals surface area (Å²) in [7, 11) is -2.15. The fourth-order valence-corrected chi connectivity index (χ4v) is 10.3. The van der Waals surface area contributed by atoms with Crippen LogP contribution in [0.4, 0.5) is 0 Å². The Morgan fingerprint density at radius 2 is 1.08 bits per heavy atom. The van der Waals surface area contributed by atoms with Crippen LogP contribution in [-0.2, 0) is 4.79 Å². The van der Waals surface area contributed by atoms with Crippen molar-refractivity contribution in [3.63, 3.8) is 0 Å². The SMILES string of the molecule is CC(=S)c1ccc(OC(=O)CCCCCCC[PH](c2ccccc2)(c2ccccc2)c2ccccc2)cc1. The third kappa shape index (κ3) is 7.25. The van der Waals surface area contributed by atoms with Crippen LogP contribution in [-0.4, -0.2) is 17.0 Å². The molecular weight excluding hydrogens is 503 g/mol. The molecule has 0 saturated heterocycles. The molecule has 0 fully saturated rings. The van der Waals surface area contributed by atoms with Crippen LogP contribution in [0.1, 0.15) is 51.0 Å². The molecule has 0 N–H and O–H groups in total. The summed E-state index contributed by atoms with van der Waals surface area (Å²) < 4.78 is 5.49. The topological polar surface area (TPSA) is 26.3 Å². The van der Waals surface area contributed by atoms with E-state index >= 15 is 0 Å². The zero-order valence-corrected chi connectivity index (χ0v) is 24.0. The van der Waals surface area contributed by atoms with E-state index in [1.54, 1.807) is 0 Å². The molecule has 0 radical (unpaired) electrons. The van der Waals surface area contributed by atoms with Gasteiger partial charge in [-0.2, -0.15) is 0 Å². The zero-order chi connectivity index (χ0) is 26.6. The average Bonchev–Trinajstić information content (AvgIpc) is 2.96. The van der Waals surface area contributed by atoms with Crippen molar-refractivity contribution in [2.24, 2.45) is 0 Å². The fourth-order valence-electron chi connectivity index (χ4n) is 5.23. The average molecular weight is 541 g/mol. The molecule has 0 aromatic heterocycles. The van der Waals surface area contributed by atoms with Crippen LogP contribution in [0.15, 0.2) is 115 Å². The van der Waals surface area contributed by atoms with Gasteiger partial charge in [0.05, 0.1) is 0 Å². The quantitative estimate of drug-likeness (QED) is 0.0442. The minimum absolute atomic E-state index is 0.166. The van der Waals surface area contributed by atoms with Crippen LogP contribution in [0.25, 0.3) is 0 Å². The summed E-state index contributed by atoms with van der Waals surface area (Å²) in [5, 5.41) is 4.40. The molecule has 0 heterocycles. The third-order valence-electron chi connectivity index (χ3n) is 7.22. The predicted molar refractivity (Wildman–Crippen MR) is 169 cm³/mol. The van der Waals surface area contributed by atoms with Crippen LogP contribution >= 0.6 is 19.5 Å². The maximum absolute atomic E-state index is 12.3. The molecule has 4 rings (SSSR count). The molecular formula is C34H37O2PS. The van der Waals surface area contributed by atoms with Crippen molar-refractivity contribution in [3.8, 4) is 5.75 Å². The Hall–Kier alpha value is -3.13. The Morgan fingerprint density at radius 3 is 1.55 bits per heavy atom. The van der Waals surface area contributed by atoms with Crippen LogP contribution in [0, 0.1) is 0 Å². The third-order valence-corrected chi connectivity index (χ3v) is 12.5. The van der Waals surface area contributed by atoms with Crippen molar-refractivity contribution in [2.75, 3.05) is 6.16 Å². The zero-order valence-electron chi connectivity index (χ0n) is 22.1. The summed E-state index contributed by atoms with van der Waals surface area (Å²) in [5.41, 5.74) is 0.985. The van der Waals surface area contributed by atoms with E-state index in [1.807, 2.05) is 31.2 Å². The summed E-state index contributed by atoms with van der Waals surface area (Å²) in [5.74, 6) is 0.416. The summed E-state index contributed by atoms with van der Waals surface area (Å²) in [6.45, 7) is 1.89. The Kier molecular flexibility index (Phi) is 10.4. The molecule has 38 heavy (non-hydrogen) atoms. The monoisotopic (exact) mass is 540 g/mol. The van der Waals surface area contributed by atoms with Gasteiger partial charge in [0.25, 0.3) is 0 Å². The van der Waals surface area contributed by atoms with E-state index in [4.69, 9.17) is 17.0 Å². The van der Waals surface area contributed by atoms with Gasteiger partial charge in [0, 0.05) is 4.86 Å². The van der Waals surface area contributed by atoms with E-state index in [0.717, 1.165) is 36.1 Å². The molecule has 4 aromatic carbocycles. The number of ether oxygens (including phenoxy) is 1. The number of carbonyl (C=O) groups is 1. The standard InChI is InChI=1S/C34H37O2PS/c1-28(38)29-23-25-30(26-24-29)36-34(35)22-14-3-2-4-15-27-37(31-16-8-5-9-17-31,32-18-10-6-11-19-32)33-20-12-7-13-21-33/h5-13,16-21,23-26,37H,2-4,14-15,22,27H2,1H3. The van der Waals surface area contributed by atoms with Crippen molar-refractivity contribution >= 4 is 46.2 Å². The Balaban J connectivity index is 1.32. The van der Waals surface area contributed by atoms with Crippen molar-refractivity contribution < 1.29 is 9.53 Å². The normalized spacial score (nSPS) is 11.6. The molecule has 196 valence electrons. The number of esters is 1. The van der Waals surface area contributed by atoms with E-state index < -0.39 is 7.26 Å². The van der Waals surface area contributed by atoms with Crippen LogP contribution < -0.4 is 20.7 Å². The molecule has 0 atom stereocenters. The molecule has 4 aromatic rings. The fraction of sp³-hybridized carbons (Fsp3) is 0.235. The summed E-state index contributed by atoms with van der Waals surface area (Å²) in [6.07, 6.45) is 6.96. The van der Waals surface area contributed by atoms with Gasteiger partial charge < -0.3 is 0 Å². The van der Waals surface area contributed by atoms with Crippen molar-refractivity contribution in [3.05, 3.63) is 121 Å². The van der Waals surface area contributed by atoms with Gasteiger partial charge in [0.2, 0.25) is 0 Å². The van der Waals surface area contributed by atoms with Crippen molar-refractivity contribution in [2.45, 2.75) is 45.4 Å². The number of carbonyl (C=O) groups excluding carboxylic acids is 1. The van der Waals surface area contributed by atoms with Gasteiger partial charge in [-0.25, -0.2) is 0 Å². The molecule has 0 amide bonds. The van der Waals surface area contributed by atoms with Gasteiger partial charge in [-0.15, -0.1) is 0 Å². The molecule has 4 heteroatoms. The molecule has 0 aliphatic rings. The van der Waals surface area contributed by atoms with Gasteiger partial charge in [-0.3, -0.25) is 0 Å². The van der Waals surface area contributed by atoms with Gasteiger partial charge in [-0.1, -0.05) is 12.2 Å². The molecule has 2 nitrogen and oxygen atoms in total. The van der Waals surface area contributed by atoms with Gasteiger partial charge in [0.1, 0.15) is 0 Å². The first kappa shape index (κ1) is 27.9. The van der Waals surface area contributed by atoms with Gasteiger partial charge >= 0.3 is 204 Å². The van der Waals surface area contributed by atoms with E-state index in [2.05, 4.69) is 91.0 Å². The van der Waals surface area contributed by atoms with E-state index in [9.17, 15) is 4.79 Å². The van der Waals surface area contributed by atoms with Crippen LogP contribution in [0.2, 0.25) is 0 Å². The van der Waals surface area contributed by atoms with E-state index in [-0.39, 0.29) is 5.97 Å². The number of thiocarbonyl (C=S) groups is 1. The van der Waals surface area contributed by atoms with Crippen molar-refractivity contribution in [1.29, 1.82) is 0 Å². The Labute approximate surface area is 233 Å². The molecule has 0 aliphatic carbocycles. The second-order valence-electron chi connectivity index (χ2n) is 9.83. The van der Waals surface area contributed by atoms with E-state index in [0.29, 0.717) is 12.2 Å². The predicted octanol–water partition coefficient (Wildman–Crippen LogP) is 7.40. The first-order valence-electron chi connectivity index (χ1n) is 13.6. The first-order chi connectivity index (χ1) is 18.6. The minimum atomic E-state index is -2.15. The first-order valence-corrected chi connectivity index (χ1v) is 16.2. The molecule has 0 saturated carbocycles. The van der Waals surface area contributed by atoms with Crippen LogP contribution in [0.5, 0.6) is 5.75 Å². The van der Waals surface area contributed by atoms with Gasteiger partial charge in [0.15, 0.2) is 0 Å². The molecule has 0 unspecified atom stereocenters. The van der Waals surface area contributed by atoms with Gasteiger partial charge in [-0.05, 0) is 12.5 Å². The molecule has 0 bridgehead atoms. The second kappa shape index (κ2) is 14.1. The molecule has 0 spiro atoms. The summed E-state index contributed by atoms with van der Waals surface area (Å²) in [6, 6.07) is 40.7. The van der Waals surface area contributed by atoms with Crippen molar-refractivity contribution in [1.82, 2.24) is 0 Å². The summed E-state index contributed by atoms with van der Waals surface area (Å²) in [4.78, 5) is 13.1. The second-order valence-corrected chi connectivity index (χ2v) is 14.5. The van der Waals surface area contributed by atoms with Crippen LogP contribution in [0.3, 0.4) is 0 Å².